The van der Waals surface area contributed by atoms with Crippen LogP contribution in [0.5, 0.6) is 0 Å². The molecule has 25 heavy (non-hydrogen) atoms. The van der Waals surface area contributed by atoms with Gasteiger partial charge in [0.15, 0.2) is 0 Å². The Hall–Kier alpha value is -2.15. The molecule has 1 aliphatic rings. The van der Waals surface area contributed by atoms with Crippen molar-refractivity contribution >= 4 is 11.6 Å². The monoisotopic (exact) mass is 358 g/mol. The molecule has 138 valence electrons. The molecule has 0 aliphatic carbocycles. The minimum atomic E-state index is -2.20. The van der Waals surface area contributed by atoms with E-state index >= 15 is 0 Å². The van der Waals surface area contributed by atoms with Crippen molar-refractivity contribution in [2.24, 2.45) is 0 Å². The highest BCUT2D eigenvalue weighted by atomic mass is 16.8. The summed E-state index contributed by atoms with van der Waals surface area (Å²) in [6, 6.07) is 4.61. The Morgan fingerprint density at radius 1 is 1.32 bits per heavy atom. The molecule has 0 spiro atoms. The topological polar surface area (TPSA) is 172 Å². The number of amides is 1. The zero-order valence-electron chi connectivity index (χ0n) is 13.1. The molecule has 1 unspecified atom stereocenters. The van der Waals surface area contributed by atoms with Gasteiger partial charge >= 0.3 is 0 Å². The maximum Gasteiger partial charge on any atom is 0.269 e. The van der Waals surface area contributed by atoms with Gasteiger partial charge in [-0.3, -0.25) is 14.9 Å². The van der Waals surface area contributed by atoms with Crippen molar-refractivity contribution in [1.82, 2.24) is 5.48 Å². The molecule has 1 heterocycles. The Bertz CT molecular complexity index is 636. The van der Waals surface area contributed by atoms with E-state index < -0.39 is 47.6 Å². The molecule has 1 amide bonds. The molecular formula is C14H18N2O9. The maximum absolute atomic E-state index is 11.2. The Balaban J connectivity index is 2.48. The number of nitro benzene ring substituents is 1. The summed E-state index contributed by atoms with van der Waals surface area (Å²) in [6.07, 6.45) is -6.62. The third-order valence-corrected chi connectivity index (χ3v) is 3.78. The Morgan fingerprint density at radius 2 is 1.92 bits per heavy atom. The van der Waals surface area contributed by atoms with Crippen molar-refractivity contribution in [3.05, 3.63) is 39.9 Å². The number of non-ortho nitro benzene ring substituents is 1. The van der Waals surface area contributed by atoms with Crippen molar-refractivity contribution in [2.75, 3.05) is 6.61 Å². The molecule has 1 fully saturated rings. The Morgan fingerprint density at radius 3 is 2.40 bits per heavy atom. The summed E-state index contributed by atoms with van der Waals surface area (Å²) < 4.78 is 5.44. The molecule has 1 aromatic rings. The average Bonchev–Trinajstić information content (AvgIpc) is 2.59. The minimum Gasteiger partial charge on any atom is -0.394 e. The first-order valence-electron chi connectivity index (χ1n) is 7.25. The first-order chi connectivity index (χ1) is 11.7. The maximum atomic E-state index is 11.2. The number of hydroxylamine groups is 1. The molecule has 5 atom stereocenters. The minimum absolute atomic E-state index is 0.0174. The number of aliphatic hydroxyl groups is 4. The lowest BCUT2D eigenvalue weighted by molar-refractivity contribution is -0.387. The summed E-state index contributed by atoms with van der Waals surface area (Å²) in [4.78, 5) is 26.5. The number of aliphatic hydroxyl groups excluding tert-OH is 4. The first-order valence-corrected chi connectivity index (χ1v) is 7.25. The SMILES string of the molecule is CC(=O)NOC1(c2ccc([N+](=O)[O-])cc2)O[C@H](CO)[C@@H](O)[C@H](O)[C@H]1O. The van der Waals surface area contributed by atoms with Gasteiger partial charge in [-0.05, 0) is 12.1 Å². The standard InChI is InChI=1S/C14H18N2O9/c1-7(18)15-25-14(8-2-4-9(5-3-8)16(22)23)13(21)12(20)11(19)10(6-17)24-14/h2-5,10-13,17,19-21H,6H2,1H3,(H,15,18)/t10-,11-,12+,13-,14?/m1/s1. The van der Waals surface area contributed by atoms with Crippen LogP contribution in [0.1, 0.15) is 12.5 Å². The van der Waals surface area contributed by atoms with Crippen LogP contribution in [0, 0.1) is 10.1 Å². The first kappa shape index (κ1) is 19.2. The molecule has 2 rings (SSSR count). The van der Waals surface area contributed by atoms with Crippen molar-refractivity contribution in [3.8, 4) is 0 Å². The van der Waals surface area contributed by atoms with Gasteiger partial charge in [0.1, 0.15) is 24.4 Å². The molecule has 1 saturated heterocycles. The van der Waals surface area contributed by atoms with Crippen LogP contribution in [-0.2, 0) is 20.2 Å². The lowest BCUT2D eigenvalue weighted by Crippen LogP contribution is -2.65. The van der Waals surface area contributed by atoms with Gasteiger partial charge < -0.3 is 25.2 Å². The number of nitrogens with one attached hydrogen (secondary N) is 1. The van der Waals surface area contributed by atoms with Crippen LogP contribution in [0.2, 0.25) is 0 Å². The molecule has 1 aliphatic heterocycles. The molecule has 5 N–H and O–H groups in total. The van der Waals surface area contributed by atoms with E-state index in [1.165, 1.54) is 12.1 Å². The fourth-order valence-corrected chi connectivity index (χ4v) is 2.49. The zero-order valence-corrected chi connectivity index (χ0v) is 13.1. The van der Waals surface area contributed by atoms with Crippen molar-refractivity contribution in [2.45, 2.75) is 37.1 Å². The van der Waals surface area contributed by atoms with Gasteiger partial charge in [-0.15, -0.1) is 0 Å². The Labute approximate surface area is 141 Å². The van der Waals surface area contributed by atoms with E-state index in [0.29, 0.717) is 0 Å². The third kappa shape index (κ3) is 3.61. The lowest BCUT2D eigenvalue weighted by atomic mass is 9.88. The molecular weight excluding hydrogens is 340 g/mol. The zero-order chi connectivity index (χ0) is 18.8. The van der Waals surface area contributed by atoms with Crippen molar-refractivity contribution in [1.29, 1.82) is 0 Å². The second-order valence-electron chi connectivity index (χ2n) is 5.50. The normalized spacial score (nSPS) is 32.2. The van der Waals surface area contributed by atoms with Gasteiger partial charge in [0.25, 0.3) is 5.69 Å². The molecule has 0 radical (unpaired) electrons. The summed E-state index contributed by atoms with van der Waals surface area (Å²) in [5.41, 5.74) is 1.74. The number of nitrogens with zero attached hydrogens (tertiary/aromatic N) is 1. The summed E-state index contributed by atoms with van der Waals surface area (Å²) in [5.74, 6) is -2.86. The molecule has 0 aromatic heterocycles. The highest BCUT2D eigenvalue weighted by Gasteiger charge is 2.56. The number of carbonyl (C=O) groups excluding carboxylic acids is 1. The second kappa shape index (κ2) is 7.39. The van der Waals surface area contributed by atoms with Gasteiger partial charge in [0.05, 0.1) is 11.5 Å². The summed E-state index contributed by atoms with van der Waals surface area (Å²) in [5, 5.41) is 50.4. The van der Waals surface area contributed by atoms with Crippen LogP contribution in [0.25, 0.3) is 0 Å². The predicted molar refractivity (Wildman–Crippen MR) is 79.7 cm³/mol. The van der Waals surface area contributed by atoms with Gasteiger partial charge in [-0.25, -0.2) is 10.3 Å². The predicted octanol–water partition coefficient (Wildman–Crippen LogP) is -1.71. The Kier molecular flexibility index (Phi) is 5.67. The van der Waals surface area contributed by atoms with E-state index in [4.69, 9.17) is 9.57 Å². The number of hydrogen-bond acceptors (Lipinski definition) is 9. The van der Waals surface area contributed by atoms with E-state index in [-0.39, 0.29) is 11.3 Å². The third-order valence-electron chi connectivity index (χ3n) is 3.78. The van der Waals surface area contributed by atoms with Crippen molar-refractivity contribution in [3.63, 3.8) is 0 Å². The van der Waals surface area contributed by atoms with E-state index in [0.717, 1.165) is 19.1 Å². The van der Waals surface area contributed by atoms with E-state index in [9.17, 15) is 35.3 Å². The molecule has 1 aromatic carbocycles. The molecule has 11 heteroatoms. The number of benzene rings is 1. The largest absolute Gasteiger partial charge is 0.394 e. The van der Waals surface area contributed by atoms with Crippen molar-refractivity contribution < 1.29 is 39.7 Å². The quantitative estimate of drug-likeness (QED) is 0.303. The highest BCUT2D eigenvalue weighted by molar-refractivity contribution is 5.71. The van der Waals surface area contributed by atoms with Gasteiger partial charge in [-0.2, -0.15) is 0 Å². The summed E-state index contributed by atoms with van der Waals surface area (Å²) in [6.45, 7) is 0.399. The fraction of sp³-hybridized carbons (Fsp3) is 0.500. The van der Waals surface area contributed by atoms with Gasteiger partial charge in [0.2, 0.25) is 11.7 Å². The molecule has 11 nitrogen and oxygen atoms in total. The van der Waals surface area contributed by atoms with Gasteiger partial charge in [0, 0.05) is 24.6 Å². The average molecular weight is 358 g/mol. The van der Waals surface area contributed by atoms with E-state index in [1.807, 2.05) is 5.48 Å². The number of hydrogen-bond donors (Lipinski definition) is 5. The molecule has 0 bridgehead atoms. The number of ether oxygens (including phenoxy) is 1. The fourth-order valence-electron chi connectivity index (χ4n) is 2.49. The van der Waals surface area contributed by atoms with Crippen LogP contribution in [0.3, 0.4) is 0 Å². The lowest BCUT2D eigenvalue weighted by Gasteiger charge is -2.47. The van der Waals surface area contributed by atoms with Crippen LogP contribution in [0.4, 0.5) is 5.69 Å². The van der Waals surface area contributed by atoms with E-state index in [2.05, 4.69) is 0 Å². The molecule has 0 saturated carbocycles. The van der Waals surface area contributed by atoms with Crippen LogP contribution < -0.4 is 5.48 Å². The number of rotatable bonds is 5. The van der Waals surface area contributed by atoms with E-state index in [1.54, 1.807) is 0 Å². The number of nitro groups is 1. The summed E-state index contributed by atoms with van der Waals surface area (Å²) >= 11 is 0. The van der Waals surface area contributed by atoms with Crippen LogP contribution in [-0.4, -0.2) is 62.3 Å². The highest BCUT2D eigenvalue weighted by Crippen LogP contribution is 2.39. The summed E-state index contributed by atoms with van der Waals surface area (Å²) in [7, 11) is 0. The second-order valence-corrected chi connectivity index (χ2v) is 5.50. The number of carbonyl (C=O) groups is 1. The smallest absolute Gasteiger partial charge is 0.269 e. The van der Waals surface area contributed by atoms with Gasteiger partial charge in [-0.1, -0.05) is 0 Å². The van der Waals surface area contributed by atoms with Crippen LogP contribution >= 0.6 is 0 Å². The van der Waals surface area contributed by atoms with Crippen LogP contribution in [0.15, 0.2) is 24.3 Å².